The van der Waals surface area contributed by atoms with Crippen LogP contribution in [0.2, 0.25) is 0 Å². The Hall–Kier alpha value is 0.350. The molecule has 2 rings (SSSR count). The predicted octanol–water partition coefficient (Wildman–Crippen LogP) is 2.65. The highest BCUT2D eigenvalue weighted by Crippen LogP contribution is 2.28. The Morgan fingerprint density at radius 1 is 1.00 bits per heavy atom. The molecule has 0 radical (unpaired) electrons. The van der Waals surface area contributed by atoms with Gasteiger partial charge in [-0.05, 0) is 44.4 Å². The lowest BCUT2D eigenvalue weighted by Gasteiger charge is -2.27. The Kier molecular flexibility index (Phi) is 6.11. The molecule has 0 bridgehead atoms. The average Bonchev–Trinajstić information content (AvgIpc) is 2.67. The van der Waals surface area contributed by atoms with E-state index in [1.54, 1.807) is 4.31 Å². The van der Waals surface area contributed by atoms with E-state index in [9.17, 15) is 8.42 Å². The van der Waals surface area contributed by atoms with E-state index < -0.39 is 10.2 Å². The number of rotatable bonds is 4. The van der Waals surface area contributed by atoms with Crippen molar-refractivity contribution < 1.29 is 8.42 Å². The van der Waals surface area contributed by atoms with E-state index in [1.165, 1.54) is 0 Å². The van der Waals surface area contributed by atoms with Gasteiger partial charge in [0.15, 0.2) is 0 Å². The molecule has 0 unspecified atom stereocenters. The second-order valence-electron chi connectivity index (χ2n) is 5.78. The first-order valence-corrected chi connectivity index (χ1v) is 9.82. The van der Waals surface area contributed by atoms with Gasteiger partial charge in [0.25, 0.3) is 10.2 Å². The SMILES string of the molecule is O=S(=O)(NCC1CCC(Br)CC1)N1CCCCCC1. The van der Waals surface area contributed by atoms with Gasteiger partial charge in [-0.25, -0.2) is 4.72 Å². The van der Waals surface area contributed by atoms with E-state index in [1.807, 2.05) is 0 Å². The standard InChI is InChI=1S/C13H25BrN2O2S/c14-13-7-5-12(6-8-13)11-15-19(17,18)16-9-3-1-2-4-10-16/h12-13,15H,1-11H2. The molecule has 112 valence electrons. The van der Waals surface area contributed by atoms with Gasteiger partial charge >= 0.3 is 0 Å². The Morgan fingerprint density at radius 3 is 2.16 bits per heavy atom. The fraction of sp³-hybridized carbons (Fsp3) is 1.00. The third-order valence-corrected chi connectivity index (χ3v) is 6.73. The van der Waals surface area contributed by atoms with Crippen molar-refractivity contribution >= 4 is 26.1 Å². The van der Waals surface area contributed by atoms with Crippen LogP contribution in [0.15, 0.2) is 0 Å². The number of nitrogens with zero attached hydrogens (tertiary/aromatic N) is 1. The summed E-state index contributed by atoms with van der Waals surface area (Å²) in [6.07, 6.45) is 8.87. The van der Waals surface area contributed by atoms with Gasteiger partial charge in [0.2, 0.25) is 0 Å². The zero-order valence-corrected chi connectivity index (χ0v) is 13.9. The molecule has 1 saturated carbocycles. The highest BCUT2D eigenvalue weighted by Gasteiger charge is 2.25. The molecule has 1 N–H and O–H groups in total. The second kappa shape index (κ2) is 7.38. The molecule has 0 amide bonds. The molecule has 1 heterocycles. The maximum absolute atomic E-state index is 12.3. The summed E-state index contributed by atoms with van der Waals surface area (Å²) in [5.41, 5.74) is 0. The van der Waals surface area contributed by atoms with E-state index in [-0.39, 0.29) is 0 Å². The lowest BCUT2D eigenvalue weighted by atomic mass is 9.89. The Bertz CT molecular complexity index is 359. The molecule has 1 aliphatic carbocycles. The van der Waals surface area contributed by atoms with Crippen LogP contribution in [0.25, 0.3) is 0 Å². The summed E-state index contributed by atoms with van der Waals surface area (Å²) in [5, 5.41) is 0. The molecule has 2 fully saturated rings. The summed E-state index contributed by atoms with van der Waals surface area (Å²) in [5.74, 6) is 0.510. The first-order valence-electron chi connectivity index (χ1n) is 7.47. The molecule has 1 aliphatic heterocycles. The van der Waals surface area contributed by atoms with Crippen LogP contribution >= 0.6 is 15.9 Å². The van der Waals surface area contributed by atoms with Crippen molar-refractivity contribution in [2.24, 2.45) is 5.92 Å². The van der Waals surface area contributed by atoms with Gasteiger partial charge in [0.05, 0.1) is 0 Å². The smallest absolute Gasteiger partial charge is 0.202 e. The van der Waals surface area contributed by atoms with Crippen molar-refractivity contribution in [3.63, 3.8) is 0 Å². The van der Waals surface area contributed by atoms with Crippen molar-refractivity contribution in [2.45, 2.75) is 56.2 Å². The van der Waals surface area contributed by atoms with Gasteiger partial charge in [-0.15, -0.1) is 0 Å². The monoisotopic (exact) mass is 352 g/mol. The molecular formula is C13H25BrN2O2S. The van der Waals surface area contributed by atoms with Crippen molar-refractivity contribution in [1.29, 1.82) is 0 Å². The summed E-state index contributed by atoms with van der Waals surface area (Å²) < 4.78 is 29.0. The van der Waals surface area contributed by atoms with Crippen LogP contribution < -0.4 is 4.72 Å². The Balaban J connectivity index is 1.79. The maximum Gasteiger partial charge on any atom is 0.279 e. The van der Waals surface area contributed by atoms with Gasteiger partial charge < -0.3 is 0 Å². The van der Waals surface area contributed by atoms with E-state index in [2.05, 4.69) is 20.7 Å². The normalized spacial score (nSPS) is 31.0. The van der Waals surface area contributed by atoms with E-state index in [4.69, 9.17) is 0 Å². The predicted molar refractivity (Wildman–Crippen MR) is 81.6 cm³/mol. The van der Waals surface area contributed by atoms with Crippen LogP contribution in [0.4, 0.5) is 0 Å². The van der Waals surface area contributed by atoms with Crippen LogP contribution in [-0.2, 0) is 10.2 Å². The summed E-state index contributed by atoms with van der Waals surface area (Å²) in [7, 11) is -3.25. The molecule has 4 nitrogen and oxygen atoms in total. The quantitative estimate of drug-likeness (QED) is 0.790. The van der Waals surface area contributed by atoms with Gasteiger partial charge in [-0.2, -0.15) is 12.7 Å². The largest absolute Gasteiger partial charge is 0.279 e. The number of halogens is 1. The Morgan fingerprint density at radius 2 is 1.58 bits per heavy atom. The summed E-state index contributed by atoms with van der Waals surface area (Å²) in [6.45, 7) is 1.98. The van der Waals surface area contributed by atoms with Gasteiger partial charge in [-0.1, -0.05) is 28.8 Å². The fourth-order valence-electron chi connectivity index (χ4n) is 2.92. The van der Waals surface area contributed by atoms with Gasteiger partial charge in [-0.3, -0.25) is 0 Å². The first kappa shape index (κ1) is 15.7. The number of hydrogen-bond acceptors (Lipinski definition) is 2. The molecule has 0 spiro atoms. The zero-order valence-electron chi connectivity index (χ0n) is 11.5. The van der Waals surface area contributed by atoms with Crippen LogP contribution in [0.3, 0.4) is 0 Å². The lowest BCUT2D eigenvalue weighted by molar-refractivity contribution is 0.356. The third-order valence-electron chi connectivity index (χ3n) is 4.24. The minimum atomic E-state index is -3.25. The van der Waals surface area contributed by atoms with Crippen molar-refractivity contribution in [3.8, 4) is 0 Å². The van der Waals surface area contributed by atoms with Gasteiger partial charge in [0.1, 0.15) is 0 Å². The average molecular weight is 353 g/mol. The molecule has 2 aliphatic rings. The summed E-state index contributed by atoms with van der Waals surface area (Å²) in [4.78, 5) is 0.631. The summed E-state index contributed by atoms with van der Waals surface area (Å²) in [6, 6.07) is 0. The highest BCUT2D eigenvalue weighted by atomic mass is 79.9. The molecule has 0 atom stereocenters. The molecule has 0 aromatic heterocycles. The minimum Gasteiger partial charge on any atom is -0.202 e. The zero-order chi connectivity index (χ0) is 13.7. The molecule has 6 heteroatoms. The molecular weight excluding hydrogens is 328 g/mol. The maximum atomic E-state index is 12.3. The number of hydrogen-bond donors (Lipinski definition) is 1. The third kappa shape index (κ3) is 4.99. The van der Waals surface area contributed by atoms with Crippen LogP contribution in [0.1, 0.15) is 51.4 Å². The minimum absolute atomic E-state index is 0.510. The first-order chi connectivity index (χ1) is 9.08. The fourth-order valence-corrected chi connectivity index (χ4v) is 4.82. The molecule has 19 heavy (non-hydrogen) atoms. The van der Waals surface area contributed by atoms with E-state index in [0.29, 0.717) is 30.4 Å². The topological polar surface area (TPSA) is 49.4 Å². The van der Waals surface area contributed by atoms with Crippen molar-refractivity contribution in [2.75, 3.05) is 19.6 Å². The van der Waals surface area contributed by atoms with Crippen molar-refractivity contribution in [3.05, 3.63) is 0 Å². The van der Waals surface area contributed by atoms with E-state index in [0.717, 1.165) is 51.4 Å². The van der Waals surface area contributed by atoms with Crippen molar-refractivity contribution in [1.82, 2.24) is 9.03 Å². The van der Waals surface area contributed by atoms with Gasteiger partial charge in [0, 0.05) is 24.5 Å². The molecule has 0 aromatic carbocycles. The van der Waals surface area contributed by atoms with Crippen LogP contribution in [0.5, 0.6) is 0 Å². The Labute approximate surface area is 125 Å². The summed E-state index contributed by atoms with van der Waals surface area (Å²) >= 11 is 3.63. The molecule has 1 saturated heterocycles. The molecule has 0 aromatic rings. The van der Waals surface area contributed by atoms with Crippen LogP contribution in [-0.4, -0.2) is 37.2 Å². The van der Waals surface area contributed by atoms with Crippen LogP contribution in [0, 0.1) is 5.92 Å². The van der Waals surface area contributed by atoms with E-state index >= 15 is 0 Å². The second-order valence-corrected chi connectivity index (χ2v) is 8.83. The lowest BCUT2D eigenvalue weighted by Crippen LogP contribution is -2.43. The number of nitrogens with one attached hydrogen (secondary N) is 1. The highest BCUT2D eigenvalue weighted by molar-refractivity contribution is 9.09. The number of alkyl halides is 1.